The average molecular weight is 260 g/mol. The van der Waals surface area contributed by atoms with Crippen LogP contribution in [0.15, 0.2) is 0 Å². The third-order valence-corrected chi connectivity index (χ3v) is 4.20. The van der Waals surface area contributed by atoms with Crippen molar-refractivity contribution in [3.63, 3.8) is 0 Å². The third kappa shape index (κ3) is 13.7. The molecule has 102 valence electrons. The van der Waals surface area contributed by atoms with E-state index in [2.05, 4.69) is 26.6 Å². The van der Waals surface area contributed by atoms with E-state index in [1.807, 2.05) is 0 Å². The van der Waals surface area contributed by atoms with Gasteiger partial charge in [0.1, 0.15) is 12.6 Å². The minimum Gasteiger partial charge on any atom is -0.356 e. The fourth-order valence-electron chi connectivity index (χ4n) is 1.24. The van der Waals surface area contributed by atoms with Crippen LogP contribution in [-0.4, -0.2) is 33.9 Å². The van der Waals surface area contributed by atoms with Crippen molar-refractivity contribution >= 4 is 13.9 Å². The zero-order valence-corrected chi connectivity index (χ0v) is 12.9. The number of rotatable bonds is 11. The van der Waals surface area contributed by atoms with Gasteiger partial charge in [-0.3, -0.25) is 4.79 Å². The van der Waals surface area contributed by atoms with Gasteiger partial charge < -0.3 is 9.47 Å². The summed E-state index contributed by atoms with van der Waals surface area (Å²) in [7, 11) is -0.993. The molecule has 0 aliphatic rings. The van der Waals surface area contributed by atoms with Crippen LogP contribution in [0.2, 0.25) is 25.7 Å². The van der Waals surface area contributed by atoms with E-state index in [1.165, 1.54) is 0 Å². The maximum Gasteiger partial charge on any atom is 0.146 e. The summed E-state index contributed by atoms with van der Waals surface area (Å²) in [5.74, 6) is 0.300. The van der Waals surface area contributed by atoms with Crippen LogP contribution in [0.1, 0.15) is 32.6 Å². The normalized spacial score (nSPS) is 11.8. The molecular formula is C13H28O3Si. The van der Waals surface area contributed by atoms with Gasteiger partial charge in [-0.15, -0.1) is 0 Å². The summed E-state index contributed by atoms with van der Waals surface area (Å²) in [4.78, 5) is 11.3. The van der Waals surface area contributed by atoms with Gasteiger partial charge in [0.15, 0.2) is 0 Å². The molecule has 0 amide bonds. The van der Waals surface area contributed by atoms with Crippen LogP contribution in [0.25, 0.3) is 0 Å². The Balaban J connectivity index is 3.21. The number of carbonyl (C=O) groups excluding carboxylic acids is 1. The molecular weight excluding hydrogens is 232 g/mol. The molecule has 0 aromatic carbocycles. The molecule has 3 nitrogen and oxygen atoms in total. The predicted octanol–water partition coefficient (Wildman–Crippen LogP) is 3.46. The van der Waals surface area contributed by atoms with Crippen LogP contribution >= 0.6 is 0 Å². The van der Waals surface area contributed by atoms with E-state index in [1.54, 1.807) is 0 Å². The Labute approximate surface area is 107 Å². The number of ether oxygens (including phenoxy) is 2. The fraction of sp³-hybridized carbons (Fsp3) is 0.923. The zero-order chi connectivity index (χ0) is 13.1. The van der Waals surface area contributed by atoms with Crippen molar-refractivity contribution in [2.75, 3.05) is 20.0 Å². The predicted molar refractivity (Wildman–Crippen MR) is 74.1 cm³/mol. The summed E-state index contributed by atoms with van der Waals surface area (Å²) < 4.78 is 10.6. The summed E-state index contributed by atoms with van der Waals surface area (Å²) in [6.45, 7) is 10.7. The lowest BCUT2D eigenvalue weighted by Crippen LogP contribution is -2.22. The highest BCUT2D eigenvalue weighted by atomic mass is 28.3. The first-order chi connectivity index (χ1) is 7.95. The molecule has 0 heterocycles. The number of hydrogen-bond donors (Lipinski definition) is 0. The first-order valence-corrected chi connectivity index (χ1v) is 10.3. The molecule has 0 aliphatic carbocycles. The molecule has 0 saturated carbocycles. The highest BCUT2D eigenvalue weighted by Gasteiger charge is 2.11. The lowest BCUT2D eigenvalue weighted by Gasteiger charge is -2.15. The lowest BCUT2D eigenvalue weighted by atomic mass is 10.1. The standard InChI is InChI=1S/C13H28O3Si/c1-5-6-7-13(14)8-9-15-12-16-10-11-17(2,3)4/h5-12H2,1-4H3. The Kier molecular flexibility index (Phi) is 9.69. The van der Waals surface area contributed by atoms with E-state index in [0.29, 0.717) is 32.0 Å². The summed E-state index contributed by atoms with van der Waals surface area (Å²) in [6.07, 6.45) is 3.28. The second-order valence-corrected chi connectivity index (χ2v) is 11.3. The van der Waals surface area contributed by atoms with Gasteiger partial charge in [-0.05, 0) is 12.5 Å². The Morgan fingerprint density at radius 1 is 1.06 bits per heavy atom. The summed E-state index contributed by atoms with van der Waals surface area (Å²) in [5, 5.41) is 0. The molecule has 0 unspecified atom stereocenters. The minimum absolute atomic E-state index is 0.300. The molecule has 4 heteroatoms. The molecule has 0 spiro atoms. The summed E-state index contributed by atoms with van der Waals surface area (Å²) in [5.41, 5.74) is 0. The molecule has 0 saturated heterocycles. The lowest BCUT2D eigenvalue weighted by molar-refractivity contribution is -0.121. The van der Waals surface area contributed by atoms with E-state index < -0.39 is 8.07 Å². The molecule has 0 aliphatic heterocycles. The maximum atomic E-state index is 11.3. The van der Waals surface area contributed by atoms with E-state index in [4.69, 9.17) is 9.47 Å². The van der Waals surface area contributed by atoms with Gasteiger partial charge in [0.2, 0.25) is 0 Å². The second-order valence-electron chi connectivity index (χ2n) is 5.64. The second kappa shape index (κ2) is 9.80. The molecule has 0 aromatic rings. The van der Waals surface area contributed by atoms with Crippen LogP contribution in [0.5, 0.6) is 0 Å². The van der Waals surface area contributed by atoms with Crippen molar-refractivity contribution in [1.29, 1.82) is 0 Å². The maximum absolute atomic E-state index is 11.3. The van der Waals surface area contributed by atoms with Crippen molar-refractivity contribution in [2.45, 2.75) is 58.3 Å². The third-order valence-electron chi connectivity index (χ3n) is 2.50. The minimum atomic E-state index is -0.993. The monoisotopic (exact) mass is 260 g/mol. The van der Waals surface area contributed by atoms with Crippen LogP contribution in [0.3, 0.4) is 0 Å². The van der Waals surface area contributed by atoms with Crippen molar-refractivity contribution in [3.8, 4) is 0 Å². The van der Waals surface area contributed by atoms with Crippen LogP contribution in [0.4, 0.5) is 0 Å². The highest BCUT2D eigenvalue weighted by Crippen LogP contribution is 2.07. The topological polar surface area (TPSA) is 35.5 Å². The van der Waals surface area contributed by atoms with Crippen LogP contribution in [-0.2, 0) is 14.3 Å². The number of carbonyl (C=O) groups is 1. The van der Waals surface area contributed by atoms with Gasteiger partial charge in [0.05, 0.1) is 6.61 Å². The van der Waals surface area contributed by atoms with Crippen molar-refractivity contribution < 1.29 is 14.3 Å². The summed E-state index contributed by atoms with van der Waals surface area (Å²) >= 11 is 0. The van der Waals surface area contributed by atoms with E-state index in [9.17, 15) is 4.79 Å². The van der Waals surface area contributed by atoms with Gasteiger partial charge >= 0.3 is 0 Å². The molecule has 0 bridgehead atoms. The van der Waals surface area contributed by atoms with E-state index in [0.717, 1.165) is 25.5 Å². The Morgan fingerprint density at radius 2 is 1.71 bits per heavy atom. The fourth-order valence-corrected chi connectivity index (χ4v) is 2.00. The van der Waals surface area contributed by atoms with Crippen LogP contribution in [0, 0.1) is 0 Å². The summed E-state index contributed by atoms with van der Waals surface area (Å²) in [6, 6.07) is 1.16. The van der Waals surface area contributed by atoms with E-state index >= 15 is 0 Å². The van der Waals surface area contributed by atoms with Crippen LogP contribution < -0.4 is 0 Å². The van der Waals surface area contributed by atoms with Crippen molar-refractivity contribution in [3.05, 3.63) is 0 Å². The molecule has 0 aromatic heterocycles. The van der Waals surface area contributed by atoms with E-state index in [-0.39, 0.29) is 0 Å². The Bertz CT molecular complexity index is 199. The largest absolute Gasteiger partial charge is 0.356 e. The molecule has 0 fully saturated rings. The van der Waals surface area contributed by atoms with Gasteiger partial charge in [0.25, 0.3) is 0 Å². The molecule has 0 rings (SSSR count). The Morgan fingerprint density at radius 3 is 2.29 bits per heavy atom. The van der Waals surface area contributed by atoms with Gasteiger partial charge in [-0.25, -0.2) is 0 Å². The first-order valence-electron chi connectivity index (χ1n) is 6.63. The first kappa shape index (κ1) is 16.8. The number of unbranched alkanes of at least 4 members (excludes halogenated alkanes) is 1. The van der Waals surface area contributed by atoms with Crippen molar-refractivity contribution in [2.24, 2.45) is 0 Å². The van der Waals surface area contributed by atoms with Gasteiger partial charge in [-0.1, -0.05) is 33.0 Å². The van der Waals surface area contributed by atoms with Gasteiger partial charge in [0, 0.05) is 27.5 Å². The van der Waals surface area contributed by atoms with Gasteiger partial charge in [-0.2, -0.15) is 0 Å². The molecule has 0 N–H and O–H groups in total. The Hall–Kier alpha value is -0.193. The number of ketones is 1. The number of hydrogen-bond acceptors (Lipinski definition) is 3. The molecule has 0 atom stereocenters. The SMILES string of the molecule is CCCCC(=O)CCOCOCC[Si](C)(C)C. The number of Topliss-reactive ketones (excluding diaryl/α,β-unsaturated/α-hetero) is 1. The molecule has 17 heavy (non-hydrogen) atoms. The molecule has 0 radical (unpaired) electrons. The average Bonchev–Trinajstić information content (AvgIpc) is 2.23. The zero-order valence-electron chi connectivity index (χ0n) is 11.9. The smallest absolute Gasteiger partial charge is 0.146 e. The van der Waals surface area contributed by atoms with Crippen molar-refractivity contribution in [1.82, 2.24) is 0 Å². The quantitative estimate of drug-likeness (QED) is 0.324. The highest BCUT2D eigenvalue weighted by molar-refractivity contribution is 6.76.